The third kappa shape index (κ3) is 2.68. The molecule has 0 saturated carbocycles. The first-order valence-corrected chi connectivity index (χ1v) is 7.77. The van der Waals surface area contributed by atoms with Crippen LogP contribution >= 0.6 is 11.6 Å². The molecule has 1 N–H and O–H groups in total. The highest BCUT2D eigenvalue weighted by atomic mass is 35.5. The summed E-state index contributed by atoms with van der Waals surface area (Å²) in [4.78, 5) is 12.8. The van der Waals surface area contributed by atoms with Gasteiger partial charge in [-0.15, -0.1) is 0 Å². The molecule has 7 heteroatoms. The Labute approximate surface area is 143 Å². The van der Waals surface area contributed by atoms with Crippen molar-refractivity contribution in [3.05, 3.63) is 71.9 Å². The van der Waals surface area contributed by atoms with E-state index in [1.165, 1.54) is 6.33 Å². The fraction of sp³-hybridized carbons (Fsp3) is 0.0588. The Hall–Kier alpha value is -2.99. The van der Waals surface area contributed by atoms with Crippen molar-refractivity contribution in [3.63, 3.8) is 0 Å². The summed E-state index contributed by atoms with van der Waals surface area (Å²) in [6.45, 7) is 0.622. The Balaban J connectivity index is 1.70. The van der Waals surface area contributed by atoms with Gasteiger partial charge in [0.05, 0.1) is 22.3 Å². The van der Waals surface area contributed by atoms with Crippen molar-refractivity contribution >= 4 is 28.5 Å². The van der Waals surface area contributed by atoms with Gasteiger partial charge in [-0.3, -0.25) is 4.98 Å². The molecule has 0 fully saturated rings. The quantitative estimate of drug-likeness (QED) is 0.618. The molecule has 1 aromatic carbocycles. The fourth-order valence-electron chi connectivity index (χ4n) is 2.47. The minimum absolute atomic E-state index is 0.617. The largest absolute Gasteiger partial charge is 0.365 e. The van der Waals surface area contributed by atoms with Crippen molar-refractivity contribution in [2.75, 3.05) is 5.32 Å². The standard InChI is InChI=1S/C17H13ClN6/c18-14-5-1-2-6-15(14)24-17-13(10-23-24)16(21-11-22-17)20-9-12-4-3-7-19-8-12/h1-8,10-11H,9H2,(H,20,21,22). The molecule has 0 saturated heterocycles. The number of para-hydroxylation sites is 1. The number of hydrogen-bond acceptors (Lipinski definition) is 5. The average molecular weight is 337 g/mol. The topological polar surface area (TPSA) is 68.5 Å². The molecule has 6 nitrogen and oxygen atoms in total. The number of anilines is 1. The Kier molecular flexibility index (Phi) is 3.80. The van der Waals surface area contributed by atoms with E-state index >= 15 is 0 Å². The summed E-state index contributed by atoms with van der Waals surface area (Å²) >= 11 is 6.27. The number of nitrogens with one attached hydrogen (secondary N) is 1. The van der Waals surface area contributed by atoms with Crippen LogP contribution in [0.2, 0.25) is 5.02 Å². The van der Waals surface area contributed by atoms with Gasteiger partial charge in [0.2, 0.25) is 0 Å². The first-order chi connectivity index (χ1) is 11.8. The van der Waals surface area contributed by atoms with Crippen LogP contribution in [0.1, 0.15) is 5.56 Å². The molecular formula is C17H13ClN6. The van der Waals surface area contributed by atoms with Crippen LogP contribution in [0.4, 0.5) is 5.82 Å². The van der Waals surface area contributed by atoms with Crippen molar-refractivity contribution in [1.29, 1.82) is 0 Å². The zero-order chi connectivity index (χ0) is 16.4. The van der Waals surface area contributed by atoms with Crippen LogP contribution < -0.4 is 5.32 Å². The zero-order valence-corrected chi connectivity index (χ0v) is 13.4. The van der Waals surface area contributed by atoms with Crippen molar-refractivity contribution in [1.82, 2.24) is 24.7 Å². The van der Waals surface area contributed by atoms with Crippen LogP contribution in [0.15, 0.2) is 61.3 Å². The number of halogens is 1. The lowest BCUT2D eigenvalue weighted by Gasteiger charge is -2.07. The van der Waals surface area contributed by atoms with Crippen molar-refractivity contribution in [2.45, 2.75) is 6.54 Å². The second-order valence-electron chi connectivity index (χ2n) is 5.18. The van der Waals surface area contributed by atoms with Gasteiger partial charge < -0.3 is 5.32 Å². The van der Waals surface area contributed by atoms with Crippen molar-refractivity contribution < 1.29 is 0 Å². The van der Waals surface area contributed by atoms with Crippen LogP contribution in [0.5, 0.6) is 0 Å². The minimum atomic E-state index is 0.617. The van der Waals surface area contributed by atoms with E-state index < -0.39 is 0 Å². The molecule has 24 heavy (non-hydrogen) atoms. The molecule has 0 bridgehead atoms. The molecule has 3 aromatic heterocycles. The average Bonchev–Trinajstić information content (AvgIpc) is 3.06. The molecule has 0 aliphatic carbocycles. The first-order valence-electron chi connectivity index (χ1n) is 7.39. The fourth-order valence-corrected chi connectivity index (χ4v) is 2.69. The number of benzene rings is 1. The van der Waals surface area contributed by atoms with Crippen LogP contribution in [0, 0.1) is 0 Å². The summed E-state index contributed by atoms with van der Waals surface area (Å²) in [7, 11) is 0. The molecule has 4 rings (SSSR count). The van der Waals surface area contributed by atoms with Gasteiger partial charge in [-0.25, -0.2) is 14.6 Å². The van der Waals surface area contributed by atoms with E-state index in [0.717, 1.165) is 22.5 Å². The molecule has 0 aliphatic heterocycles. The molecule has 0 radical (unpaired) electrons. The summed E-state index contributed by atoms with van der Waals surface area (Å²) < 4.78 is 1.72. The molecule has 118 valence electrons. The number of rotatable bonds is 4. The maximum Gasteiger partial charge on any atom is 0.168 e. The molecule has 0 aliphatic rings. The highest BCUT2D eigenvalue weighted by Crippen LogP contribution is 2.25. The smallest absolute Gasteiger partial charge is 0.168 e. The number of aromatic nitrogens is 5. The van der Waals surface area contributed by atoms with Gasteiger partial charge in [-0.05, 0) is 23.8 Å². The predicted molar refractivity (Wildman–Crippen MR) is 93.2 cm³/mol. The van der Waals surface area contributed by atoms with E-state index in [0.29, 0.717) is 17.2 Å². The summed E-state index contributed by atoms with van der Waals surface area (Å²) in [5, 5.41) is 9.18. The molecule has 3 heterocycles. The molecule has 0 amide bonds. The number of hydrogen-bond donors (Lipinski definition) is 1. The van der Waals surface area contributed by atoms with Crippen molar-refractivity contribution in [3.8, 4) is 5.69 Å². The first kappa shape index (κ1) is 14.6. The number of nitrogens with zero attached hydrogens (tertiary/aromatic N) is 5. The molecule has 0 atom stereocenters. The second-order valence-corrected chi connectivity index (χ2v) is 5.59. The maximum absolute atomic E-state index is 6.27. The van der Waals surface area contributed by atoms with Gasteiger partial charge in [0, 0.05) is 18.9 Å². The van der Waals surface area contributed by atoms with Gasteiger partial charge in [-0.1, -0.05) is 29.8 Å². The second kappa shape index (κ2) is 6.25. The summed E-state index contributed by atoms with van der Waals surface area (Å²) in [5.74, 6) is 0.724. The maximum atomic E-state index is 6.27. The van der Waals surface area contributed by atoms with E-state index in [1.54, 1.807) is 17.1 Å². The van der Waals surface area contributed by atoms with Gasteiger partial charge >= 0.3 is 0 Å². The number of pyridine rings is 1. The van der Waals surface area contributed by atoms with Gasteiger partial charge in [0.1, 0.15) is 12.1 Å². The Bertz CT molecular complexity index is 983. The Morgan fingerprint density at radius 2 is 1.96 bits per heavy atom. The van der Waals surface area contributed by atoms with E-state index in [-0.39, 0.29) is 0 Å². The lowest BCUT2D eigenvalue weighted by atomic mass is 10.3. The van der Waals surface area contributed by atoms with E-state index in [1.807, 2.05) is 42.6 Å². The Morgan fingerprint density at radius 1 is 1.04 bits per heavy atom. The van der Waals surface area contributed by atoms with E-state index in [4.69, 9.17) is 11.6 Å². The predicted octanol–water partition coefficient (Wildman–Crippen LogP) is 3.48. The van der Waals surface area contributed by atoms with Crippen LogP contribution in [0.3, 0.4) is 0 Å². The third-order valence-electron chi connectivity index (χ3n) is 3.63. The minimum Gasteiger partial charge on any atom is -0.365 e. The van der Waals surface area contributed by atoms with Crippen LogP contribution in [0.25, 0.3) is 16.7 Å². The normalized spacial score (nSPS) is 10.9. The lowest BCUT2D eigenvalue weighted by Crippen LogP contribution is -2.03. The summed E-state index contributed by atoms with van der Waals surface area (Å²) in [5.41, 5.74) is 2.56. The van der Waals surface area contributed by atoms with Gasteiger partial charge in [-0.2, -0.15) is 5.10 Å². The number of fused-ring (bicyclic) bond motifs is 1. The lowest BCUT2D eigenvalue weighted by molar-refractivity contribution is 0.895. The van der Waals surface area contributed by atoms with Gasteiger partial charge in [0.15, 0.2) is 5.65 Å². The monoisotopic (exact) mass is 336 g/mol. The van der Waals surface area contributed by atoms with E-state index in [9.17, 15) is 0 Å². The van der Waals surface area contributed by atoms with Crippen LogP contribution in [-0.4, -0.2) is 24.7 Å². The van der Waals surface area contributed by atoms with Crippen LogP contribution in [-0.2, 0) is 6.54 Å². The molecular weight excluding hydrogens is 324 g/mol. The SMILES string of the molecule is Clc1ccccc1-n1ncc2c(NCc3cccnc3)ncnc21. The zero-order valence-electron chi connectivity index (χ0n) is 12.6. The molecule has 0 unspecified atom stereocenters. The van der Waals surface area contributed by atoms with E-state index in [2.05, 4.69) is 25.4 Å². The third-order valence-corrected chi connectivity index (χ3v) is 3.95. The summed E-state index contributed by atoms with van der Waals surface area (Å²) in [6.07, 6.45) is 6.83. The van der Waals surface area contributed by atoms with Gasteiger partial charge in [0.25, 0.3) is 0 Å². The highest BCUT2D eigenvalue weighted by Gasteiger charge is 2.12. The van der Waals surface area contributed by atoms with Crippen molar-refractivity contribution in [2.24, 2.45) is 0 Å². The highest BCUT2D eigenvalue weighted by molar-refractivity contribution is 6.32. The molecule has 0 spiro atoms. The summed E-state index contributed by atoms with van der Waals surface area (Å²) in [6, 6.07) is 11.4. The Morgan fingerprint density at radius 3 is 2.79 bits per heavy atom. The molecule has 4 aromatic rings.